The summed E-state index contributed by atoms with van der Waals surface area (Å²) in [4.78, 5) is 18.0. The van der Waals surface area contributed by atoms with Gasteiger partial charge in [0, 0.05) is 0 Å². The van der Waals surface area contributed by atoms with Gasteiger partial charge in [-0.1, -0.05) is 65.9 Å². The van der Waals surface area contributed by atoms with Gasteiger partial charge in [-0.3, -0.25) is 4.79 Å². The van der Waals surface area contributed by atoms with Crippen LogP contribution in [0, 0.1) is 0 Å². The monoisotopic (exact) mass is 497 g/mol. The quantitative estimate of drug-likeness (QED) is 0.315. The molecule has 180 valence electrons. The fraction of sp³-hybridized carbons (Fsp3) is 0.107. The normalized spacial score (nSPS) is 11.9. The molecule has 0 N–H and O–H groups in total. The van der Waals surface area contributed by atoms with Crippen LogP contribution >= 0.6 is 11.3 Å². The SMILES string of the molecule is COc1ccc(/C=C/c2nc3s/c(=C\c4cccc(OCc5ccccc5)c4)c(=O)n3n2)cc1OC. The van der Waals surface area contributed by atoms with Crippen LogP contribution in [0.4, 0.5) is 0 Å². The lowest BCUT2D eigenvalue weighted by Crippen LogP contribution is -2.23. The van der Waals surface area contributed by atoms with Gasteiger partial charge in [0.1, 0.15) is 12.4 Å². The molecule has 36 heavy (non-hydrogen) atoms. The topological polar surface area (TPSA) is 75.0 Å². The summed E-state index contributed by atoms with van der Waals surface area (Å²) in [5.74, 6) is 2.48. The third-order valence-corrected chi connectivity index (χ3v) is 6.39. The zero-order chi connectivity index (χ0) is 24.9. The minimum absolute atomic E-state index is 0.205. The first-order valence-electron chi connectivity index (χ1n) is 11.2. The average Bonchev–Trinajstić information content (AvgIpc) is 3.45. The molecule has 0 spiro atoms. The maximum atomic E-state index is 12.9. The number of methoxy groups -OCH3 is 2. The third-order valence-electron chi connectivity index (χ3n) is 5.43. The van der Waals surface area contributed by atoms with E-state index in [4.69, 9.17) is 14.2 Å². The van der Waals surface area contributed by atoms with Gasteiger partial charge >= 0.3 is 0 Å². The lowest BCUT2D eigenvalue weighted by atomic mass is 10.2. The molecule has 5 aromatic rings. The van der Waals surface area contributed by atoms with Gasteiger partial charge in [-0.2, -0.15) is 9.50 Å². The van der Waals surface area contributed by atoms with Gasteiger partial charge in [0.2, 0.25) is 4.96 Å². The summed E-state index contributed by atoms with van der Waals surface area (Å²) in [6.45, 7) is 0.480. The standard InChI is InChI=1S/C28H23N3O4S/c1-33-23-13-11-19(16-24(23)34-2)12-14-26-29-28-31(30-26)27(32)25(36-28)17-21-9-6-10-22(15-21)35-18-20-7-4-3-5-8-20/h3-17H,18H2,1-2H3/b14-12+,25-17-. The second-order valence-electron chi connectivity index (χ2n) is 7.87. The van der Waals surface area contributed by atoms with E-state index >= 15 is 0 Å². The van der Waals surface area contributed by atoms with Crippen molar-refractivity contribution in [2.75, 3.05) is 14.2 Å². The van der Waals surface area contributed by atoms with Gasteiger partial charge in [-0.15, -0.1) is 5.10 Å². The van der Waals surface area contributed by atoms with E-state index < -0.39 is 0 Å². The molecule has 0 atom stereocenters. The molecule has 0 saturated carbocycles. The van der Waals surface area contributed by atoms with E-state index in [-0.39, 0.29) is 5.56 Å². The number of hydrogen-bond acceptors (Lipinski definition) is 7. The Hall–Kier alpha value is -4.43. The highest BCUT2D eigenvalue weighted by atomic mass is 32.1. The molecule has 0 radical (unpaired) electrons. The van der Waals surface area contributed by atoms with Gasteiger partial charge in [-0.05, 0) is 53.1 Å². The molecular formula is C28H23N3O4S. The van der Waals surface area contributed by atoms with E-state index in [2.05, 4.69) is 10.1 Å². The van der Waals surface area contributed by atoms with Gasteiger partial charge in [0.25, 0.3) is 5.56 Å². The van der Waals surface area contributed by atoms with Gasteiger partial charge in [0.05, 0.1) is 18.8 Å². The Morgan fingerprint density at radius 3 is 2.50 bits per heavy atom. The average molecular weight is 498 g/mol. The van der Waals surface area contributed by atoms with Gasteiger partial charge in [-0.25, -0.2) is 0 Å². The molecule has 0 fully saturated rings. The molecule has 2 heterocycles. The minimum atomic E-state index is -0.205. The van der Waals surface area contributed by atoms with Crippen molar-refractivity contribution in [2.45, 2.75) is 6.61 Å². The molecule has 3 aromatic carbocycles. The second-order valence-corrected chi connectivity index (χ2v) is 8.88. The van der Waals surface area contributed by atoms with Crippen molar-refractivity contribution < 1.29 is 14.2 Å². The van der Waals surface area contributed by atoms with E-state index in [9.17, 15) is 4.79 Å². The number of ether oxygens (including phenoxy) is 3. The maximum Gasteiger partial charge on any atom is 0.291 e. The Bertz CT molecular complexity index is 1640. The van der Waals surface area contributed by atoms with E-state index in [1.807, 2.05) is 84.9 Å². The molecule has 0 unspecified atom stereocenters. The van der Waals surface area contributed by atoms with Crippen LogP contribution in [0.1, 0.15) is 22.5 Å². The Morgan fingerprint density at radius 1 is 0.889 bits per heavy atom. The van der Waals surface area contributed by atoms with Crippen LogP contribution in [-0.4, -0.2) is 28.8 Å². The van der Waals surface area contributed by atoms with Gasteiger partial charge in [0.15, 0.2) is 17.3 Å². The smallest absolute Gasteiger partial charge is 0.291 e. The Balaban J connectivity index is 1.35. The molecule has 0 bridgehead atoms. The first-order valence-corrected chi connectivity index (χ1v) is 12.0. The number of fused-ring (bicyclic) bond motifs is 1. The fourth-order valence-corrected chi connectivity index (χ4v) is 4.55. The van der Waals surface area contributed by atoms with Crippen molar-refractivity contribution in [1.29, 1.82) is 0 Å². The van der Waals surface area contributed by atoms with Crippen molar-refractivity contribution in [3.8, 4) is 17.2 Å². The van der Waals surface area contributed by atoms with Crippen LogP contribution in [0.2, 0.25) is 0 Å². The number of aromatic nitrogens is 3. The Morgan fingerprint density at radius 2 is 1.72 bits per heavy atom. The van der Waals surface area contributed by atoms with Crippen molar-refractivity contribution in [3.05, 3.63) is 110 Å². The zero-order valence-electron chi connectivity index (χ0n) is 19.8. The minimum Gasteiger partial charge on any atom is -0.493 e. The Kier molecular flexibility index (Phi) is 6.77. The predicted molar refractivity (Wildman–Crippen MR) is 142 cm³/mol. The zero-order valence-corrected chi connectivity index (χ0v) is 20.6. The largest absolute Gasteiger partial charge is 0.493 e. The summed E-state index contributed by atoms with van der Waals surface area (Å²) in [6, 6.07) is 23.2. The number of rotatable bonds is 8. The summed E-state index contributed by atoms with van der Waals surface area (Å²) >= 11 is 1.30. The van der Waals surface area contributed by atoms with Crippen LogP contribution < -0.4 is 24.3 Å². The molecule has 0 saturated heterocycles. The lowest BCUT2D eigenvalue weighted by Gasteiger charge is -2.07. The molecule has 8 heteroatoms. The predicted octanol–water partition coefficient (Wildman–Crippen LogP) is 4.47. The summed E-state index contributed by atoms with van der Waals surface area (Å²) in [5.41, 5.74) is 2.66. The van der Waals surface area contributed by atoms with Crippen LogP contribution in [0.5, 0.6) is 17.2 Å². The fourth-order valence-electron chi connectivity index (χ4n) is 3.63. The maximum absolute atomic E-state index is 12.9. The third kappa shape index (κ3) is 5.13. The van der Waals surface area contributed by atoms with Crippen LogP contribution in [-0.2, 0) is 6.61 Å². The van der Waals surface area contributed by atoms with Gasteiger partial charge < -0.3 is 14.2 Å². The van der Waals surface area contributed by atoms with E-state index in [0.29, 0.717) is 33.4 Å². The summed E-state index contributed by atoms with van der Waals surface area (Å²) in [7, 11) is 3.19. The lowest BCUT2D eigenvalue weighted by molar-refractivity contribution is 0.306. The summed E-state index contributed by atoms with van der Waals surface area (Å²) < 4.78 is 18.4. The van der Waals surface area contributed by atoms with E-state index in [1.165, 1.54) is 15.9 Å². The number of nitrogens with zero attached hydrogens (tertiary/aromatic N) is 3. The molecule has 7 nitrogen and oxygen atoms in total. The summed E-state index contributed by atoms with van der Waals surface area (Å²) in [6.07, 6.45) is 5.45. The summed E-state index contributed by atoms with van der Waals surface area (Å²) in [5, 5.41) is 4.36. The highest BCUT2D eigenvalue weighted by Crippen LogP contribution is 2.28. The highest BCUT2D eigenvalue weighted by Gasteiger charge is 2.09. The van der Waals surface area contributed by atoms with Crippen molar-refractivity contribution in [3.63, 3.8) is 0 Å². The van der Waals surface area contributed by atoms with E-state index in [1.54, 1.807) is 20.3 Å². The molecule has 5 rings (SSSR count). The highest BCUT2D eigenvalue weighted by molar-refractivity contribution is 7.15. The van der Waals surface area contributed by atoms with Crippen molar-refractivity contribution in [2.24, 2.45) is 0 Å². The molecular weight excluding hydrogens is 474 g/mol. The molecule has 0 aliphatic rings. The van der Waals surface area contributed by atoms with Crippen molar-refractivity contribution >= 4 is 34.5 Å². The van der Waals surface area contributed by atoms with Crippen LogP contribution in [0.15, 0.2) is 77.6 Å². The number of hydrogen-bond donors (Lipinski definition) is 0. The first-order chi connectivity index (χ1) is 17.6. The molecule has 0 aliphatic carbocycles. The van der Waals surface area contributed by atoms with E-state index in [0.717, 1.165) is 22.4 Å². The first kappa shape index (κ1) is 23.3. The van der Waals surface area contributed by atoms with Crippen LogP contribution in [0.25, 0.3) is 23.2 Å². The molecule has 0 amide bonds. The second kappa shape index (κ2) is 10.5. The molecule has 2 aromatic heterocycles. The number of benzene rings is 3. The van der Waals surface area contributed by atoms with Crippen molar-refractivity contribution in [1.82, 2.24) is 14.6 Å². The number of thiazole rings is 1. The Labute approximate surface area is 211 Å². The van der Waals surface area contributed by atoms with Crippen LogP contribution in [0.3, 0.4) is 0 Å². The molecule has 0 aliphatic heterocycles.